The lowest BCUT2D eigenvalue weighted by atomic mass is 10.1. The van der Waals surface area contributed by atoms with Crippen LogP contribution in [0.1, 0.15) is 19.7 Å². The molecule has 5 nitrogen and oxygen atoms in total. The molecule has 0 fully saturated rings. The summed E-state index contributed by atoms with van der Waals surface area (Å²) in [7, 11) is 0. The first kappa shape index (κ1) is 12.5. The Labute approximate surface area is 104 Å². The monoisotopic (exact) mass is 250 g/mol. The molecular formula is C12H15FN4O. The maximum absolute atomic E-state index is 13.0. The van der Waals surface area contributed by atoms with Gasteiger partial charge in [-0.2, -0.15) is 0 Å². The SMILES string of the molecule is CC(C)(N)C(=O)NCc1nc2ccc(F)cc2[nH]1. The van der Waals surface area contributed by atoms with Crippen LogP contribution in [0.5, 0.6) is 0 Å². The molecule has 2 rings (SSSR count). The molecule has 96 valence electrons. The van der Waals surface area contributed by atoms with Gasteiger partial charge in [0.05, 0.1) is 23.1 Å². The molecule has 0 unspecified atom stereocenters. The second-order valence-electron chi connectivity index (χ2n) is 4.75. The Morgan fingerprint density at radius 3 is 2.94 bits per heavy atom. The molecule has 18 heavy (non-hydrogen) atoms. The highest BCUT2D eigenvalue weighted by Gasteiger charge is 2.21. The summed E-state index contributed by atoms with van der Waals surface area (Å²) in [5, 5.41) is 2.66. The van der Waals surface area contributed by atoms with Crippen LogP contribution in [0.25, 0.3) is 11.0 Å². The normalized spacial score (nSPS) is 11.8. The first-order valence-electron chi connectivity index (χ1n) is 5.57. The lowest BCUT2D eigenvalue weighted by Crippen LogP contribution is -2.48. The smallest absolute Gasteiger partial charge is 0.239 e. The van der Waals surface area contributed by atoms with Crippen LogP contribution in [0.3, 0.4) is 0 Å². The molecule has 0 radical (unpaired) electrons. The quantitative estimate of drug-likeness (QED) is 0.761. The number of aromatic nitrogens is 2. The number of carbonyl (C=O) groups excluding carboxylic acids is 1. The van der Waals surface area contributed by atoms with Crippen LogP contribution in [-0.4, -0.2) is 21.4 Å². The van der Waals surface area contributed by atoms with E-state index < -0.39 is 5.54 Å². The molecule has 0 saturated carbocycles. The minimum Gasteiger partial charge on any atom is -0.347 e. The predicted molar refractivity (Wildman–Crippen MR) is 66.2 cm³/mol. The van der Waals surface area contributed by atoms with Crippen molar-refractivity contribution in [1.29, 1.82) is 0 Å². The van der Waals surface area contributed by atoms with Crippen molar-refractivity contribution in [3.8, 4) is 0 Å². The number of nitrogens with one attached hydrogen (secondary N) is 2. The van der Waals surface area contributed by atoms with Crippen molar-refractivity contribution in [2.75, 3.05) is 0 Å². The van der Waals surface area contributed by atoms with E-state index in [0.29, 0.717) is 16.9 Å². The van der Waals surface area contributed by atoms with Crippen LogP contribution in [0.4, 0.5) is 4.39 Å². The number of imidazole rings is 1. The predicted octanol–water partition coefficient (Wildman–Crippen LogP) is 1.06. The lowest BCUT2D eigenvalue weighted by molar-refractivity contribution is -0.125. The summed E-state index contributed by atoms with van der Waals surface area (Å²) in [6.07, 6.45) is 0. The van der Waals surface area contributed by atoms with Crippen molar-refractivity contribution in [3.63, 3.8) is 0 Å². The highest BCUT2D eigenvalue weighted by atomic mass is 19.1. The molecule has 0 atom stereocenters. The van der Waals surface area contributed by atoms with Gasteiger partial charge in [-0.1, -0.05) is 0 Å². The minimum absolute atomic E-state index is 0.232. The number of carbonyl (C=O) groups is 1. The van der Waals surface area contributed by atoms with E-state index >= 15 is 0 Å². The fourth-order valence-electron chi connectivity index (χ4n) is 1.51. The zero-order chi connectivity index (χ0) is 13.3. The number of hydrogen-bond acceptors (Lipinski definition) is 3. The van der Waals surface area contributed by atoms with Gasteiger partial charge in [0.25, 0.3) is 0 Å². The van der Waals surface area contributed by atoms with Gasteiger partial charge in [-0.15, -0.1) is 0 Å². The van der Waals surface area contributed by atoms with Gasteiger partial charge in [0.2, 0.25) is 5.91 Å². The number of H-pyrrole nitrogens is 1. The number of nitrogens with zero attached hydrogens (tertiary/aromatic N) is 1. The van der Waals surface area contributed by atoms with Gasteiger partial charge < -0.3 is 16.0 Å². The molecule has 0 aliphatic heterocycles. The summed E-state index contributed by atoms with van der Waals surface area (Å²) in [6.45, 7) is 3.47. The van der Waals surface area contributed by atoms with Crippen LogP contribution in [0.15, 0.2) is 18.2 Å². The third-order valence-electron chi connectivity index (χ3n) is 2.49. The fourth-order valence-corrected chi connectivity index (χ4v) is 1.51. The maximum atomic E-state index is 13.0. The summed E-state index contributed by atoms with van der Waals surface area (Å²) in [5.41, 5.74) is 5.98. The molecule has 2 aromatic rings. The Morgan fingerprint density at radius 2 is 2.28 bits per heavy atom. The van der Waals surface area contributed by atoms with Crippen molar-refractivity contribution in [1.82, 2.24) is 15.3 Å². The maximum Gasteiger partial charge on any atom is 0.239 e. The molecule has 0 saturated heterocycles. The van der Waals surface area contributed by atoms with E-state index in [2.05, 4.69) is 15.3 Å². The number of amides is 1. The first-order chi connectivity index (χ1) is 8.36. The largest absolute Gasteiger partial charge is 0.347 e. The van der Waals surface area contributed by atoms with Gasteiger partial charge >= 0.3 is 0 Å². The van der Waals surface area contributed by atoms with E-state index in [1.807, 2.05) is 0 Å². The minimum atomic E-state index is -0.932. The average Bonchev–Trinajstić information content (AvgIpc) is 2.66. The second-order valence-corrected chi connectivity index (χ2v) is 4.75. The number of fused-ring (bicyclic) bond motifs is 1. The summed E-state index contributed by atoms with van der Waals surface area (Å²) >= 11 is 0. The Morgan fingerprint density at radius 1 is 1.56 bits per heavy atom. The molecule has 4 N–H and O–H groups in total. The molecule has 0 aliphatic rings. The molecule has 1 aromatic heterocycles. The topological polar surface area (TPSA) is 83.8 Å². The van der Waals surface area contributed by atoms with Crippen LogP contribution in [0, 0.1) is 5.82 Å². The number of nitrogens with two attached hydrogens (primary N) is 1. The highest BCUT2D eigenvalue weighted by molar-refractivity contribution is 5.85. The number of halogens is 1. The van der Waals surface area contributed by atoms with Crippen LogP contribution in [-0.2, 0) is 11.3 Å². The van der Waals surface area contributed by atoms with Crippen LogP contribution < -0.4 is 11.1 Å². The Balaban J connectivity index is 2.11. The Bertz CT molecular complexity index is 585. The molecule has 1 aromatic carbocycles. The van der Waals surface area contributed by atoms with E-state index in [0.717, 1.165) is 0 Å². The van der Waals surface area contributed by atoms with Gasteiger partial charge in [-0.25, -0.2) is 9.37 Å². The van der Waals surface area contributed by atoms with Crippen molar-refractivity contribution in [2.24, 2.45) is 5.73 Å². The van der Waals surface area contributed by atoms with Gasteiger partial charge in [-0.3, -0.25) is 4.79 Å². The van der Waals surface area contributed by atoms with Gasteiger partial charge in [0, 0.05) is 0 Å². The molecule has 0 spiro atoms. The Hall–Kier alpha value is -1.95. The number of benzene rings is 1. The zero-order valence-electron chi connectivity index (χ0n) is 10.2. The number of rotatable bonds is 3. The van der Waals surface area contributed by atoms with Crippen molar-refractivity contribution >= 4 is 16.9 Å². The van der Waals surface area contributed by atoms with Gasteiger partial charge in [0.15, 0.2) is 0 Å². The molecule has 6 heteroatoms. The van der Waals surface area contributed by atoms with Crippen LogP contribution in [0.2, 0.25) is 0 Å². The summed E-state index contributed by atoms with van der Waals surface area (Å²) in [4.78, 5) is 18.7. The molecule has 1 heterocycles. The molecule has 1 amide bonds. The zero-order valence-corrected chi connectivity index (χ0v) is 10.2. The molecule has 0 aliphatic carbocycles. The number of hydrogen-bond donors (Lipinski definition) is 3. The van der Waals surface area contributed by atoms with E-state index in [4.69, 9.17) is 5.73 Å². The van der Waals surface area contributed by atoms with Crippen LogP contribution >= 0.6 is 0 Å². The fraction of sp³-hybridized carbons (Fsp3) is 0.333. The van der Waals surface area contributed by atoms with E-state index in [9.17, 15) is 9.18 Å². The third kappa shape index (κ3) is 2.65. The lowest BCUT2D eigenvalue weighted by Gasteiger charge is -2.16. The van der Waals surface area contributed by atoms with Crippen molar-refractivity contribution in [3.05, 3.63) is 29.8 Å². The van der Waals surface area contributed by atoms with Gasteiger partial charge in [0.1, 0.15) is 11.6 Å². The van der Waals surface area contributed by atoms with E-state index in [1.54, 1.807) is 19.9 Å². The molecular weight excluding hydrogens is 235 g/mol. The van der Waals surface area contributed by atoms with E-state index in [1.165, 1.54) is 12.1 Å². The summed E-state index contributed by atoms with van der Waals surface area (Å²) < 4.78 is 13.0. The molecule has 0 bridgehead atoms. The summed E-state index contributed by atoms with van der Waals surface area (Å²) in [6, 6.07) is 4.29. The average molecular weight is 250 g/mol. The first-order valence-corrected chi connectivity index (χ1v) is 5.57. The summed E-state index contributed by atoms with van der Waals surface area (Å²) in [5.74, 6) is -0.0350. The highest BCUT2D eigenvalue weighted by Crippen LogP contribution is 2.12. The van der Waals surface area contributed by atoms with Gasteiger partial charge in [-0.05, 0) is 32.0 Å². The van der Waals surface area contributed by atoms with E-state index in [-0.39, 0.29) is 18.3 Å². The Kier molecular flexibility index (Phi) is 3.04. The third-order valence-corrected chi connectivity index (χ3v) is 2.49. The van der Waals surface area contributed by atoms with Crippen molar-refractivity contribution < 1.29 is 9.18 Å². The second kappa shape index (κ2) is 4.38. The number of aromatic amines is 1. The van der Waals surface area contributed by atoms with Crippen molar-refractivity contribution in [2.45, 2.75) is 25.9 Å². The standard InChI is InChI=1S/C12H15FN4O/c1-12(2,14)11(18)15-6-10-16-8-4-3-7(13)5-9(8)17-10/h3-5H,6,14H2,1-2H3,(H,15,18)(H,16,17).